The summed E-state index contributed by atoms with van der Waals surface area (Å²) >= 11 is 1.71. The van der Waals surface area contributed by atoms with Crippen LogP contribution < -0.4 is 0 Å². The van der Waals surface area contributed by atoms with Gasteiger partial charge in [-0.1, -0.05) is 13.3 Å². The number of thioether (sulfide) groups is 1. The molecule has 1 rings (SSSR count). The van der Waals surface area contributed by atoms with Crippen molar-refractivity contribution in [3.8, 4) is 0 Å². The molecule has 0 aliphatic heterocycles. The first-order chi connectivity index (χ1) is 5.10. The molecular formula is C9H16OS. The summed E-state index contributed by atoms with van der Waals surface area (Å²) in [5.74, 6) is 0.748. The van der Waals surface area contributed by atoms with Crippen LogP contribution >= 0.6 is 11.8 Å². The topological polar surface area (TPSA) is 17.1 Å². The van der Waals surface area contributed by atoms with Crippen LogP contribution in [0, 0.1) is 5.92 Å². The zero-order chi connectivity index (χ0) is 8.48. The Bertz CT molecular complexity index is 167. The van der Waals surface area contributed by atoms with E-state index in [0.29, 0.717) is 11.7 Å². The van der Waals surface area contributed by atoms with Crippen LogP contribution in [0.3, 0.4) is 0 Å². The van der Waals surface area contributed by atoms with Gasteiger partial charge in [-0.25, -0.2) is 0 Å². The molecule has 0 amide bonds. The summed E-state index contributed by atoms with van der Waals surface area (Å²) in [7, 11) is 0. The Hall–Kier alpha value is 0.0200. The fraction of sp³-hybridized carbons (Fsp3) is 0.889. The molecule has 0 N–H and O–H groups in total. The lowest BCUT2D eigenvalue weighted by Crippen LogP contribution is -2.39. The SMILES string of the molecule is CS[C@]1(C)CCC[C@@H](C)C1=O. The van der Waals surface area contributed by atoms with Crippen LogP contribution in [0.1, 0.15) is 33.1 Å². The largest absolute Gasteiger partial charge is 0.298 e. The highest BCUT2D eigenvalue weighted by molar-refractivity contribution is 8.00. The summed E-state index contributed by atoms with van der Waals surface area (Å²) in [5.41, 5.74) is 0. The van der Waals surface area contributed by atoms with E-state index in [4.69, 9.17) is 0 Å². The molecule has 0 heterocycles. The van der Waals surface area contributed by atoms with E-state index in [1.807, 2.05) is 6.26 Å². The highest BCUT2D eigenvalue weighted by Gasteiger charge is 2.38. The van der Waals surface area contributed by atoms with Crippen LogP contribution in [0.2, 0.25) is 0 Å². The van der Waals surface area contributed by atoms with E-state index >= 15 is 0 Å². The highest BCUT2D eigenvalue weighted by Crippen LogP contribution is 2.37. The molecule has 0 unspecified atom stereocenters. The van der Waals surface area contributed by atoms with E-state index in [2.05, 4.69) is 13.8 Å². The number of carbonyl (C=O) groups excluding carboxylic acids is 1. The molecule has 11 heavy (non-hydrogen) atoms. The molecule has 1 fully saturated rings. The van der Waals surface area contributed by atoms with Gasteiger partial charge in [0.15, 0.2) is 5.78 Å². The van der Waals surface area contributed by atoms with Crippen molar-refractivity contribution >= 4 is 17.5 Å². The molecule has 1 saturated carbocycles. The minimum atomic E-state index is -0.0718. The quantitative estimate of drug-likeness (QED) is 0.604. The van der Waals surface area contributed by atoms with Gasteiger partial charge in [0.1, 0.15) is 0 Å². The Morgan fingerprint density at radius 3 is 2.73 bits per heavy atom. The van der Waals surface area contributed by atoms with Gasteiger partial charge in [-0.05, 0) is 26.0 Å². The lowest BCUT2D eigenvalue weighted by atomic mass is 9.81. The molecule has 0 saturated heterocycles. The number of ketones is 1. The van der Waals surface area contributed by atoms with Crippen LogP contribution in [0.15, 0.2) is 0 Å². The second kappa shape index (κ2) is 3.18. The minimum Gasteiger partial charge on any atom is -0.298 e. The molecule has 0 aromatic rings. The third-order valence-electron chi connectivity index (χ3n) is 2.71. The van der Waals surface area contributed by atoms with E-state index < -0.39 is 0 Å². The van der Waals surface area contributed by atoms with Gasteiger partial charge < -0.3 is 0 Å². The number of hydrogen-bond acceptors (Lipinski definition) is 2. The first-order valence-corrected chi connectivity index (χ1v) is 5.42. The predicted octanol–water partition coefficient (Wildman–Crippen LogP) is 2.50. The molecule has 0 aromatic heterocycles. The molecule has 1 aliphatic carbocycles. The third-order valence-corrected chi connectivity index (χ3v) is 4.02. The average Bonchev–Trinajstić information content (AvgIpc) is 2.00. The third kappa shape index (κ3) is 1.61. The monoisotopic (exact) mass is 172 g/mol. The summed E-state index contributed by atoms with van der Waals surface area (Å²) in [6.45, 7) is 4.13. The van der Waals surface area contributed by atoms with Gasteiger partial charge in [0.05, 0.1) is 4.75 Å². The number of carbonyl (C=O) groups is 1. The van der Waals surface area contributed by atoms with E-state index in [1.54, 1.807) is 11.8 Å². The summed E-state index contributed by atoms with van der Waals surface area (Å²) in [5, 5.41) is 0. The van der Waals surface area contributed by atoms with Gasteiger partial charge in [0, 0.05) is 5.92 Å². The Morgan fingerprint density at radius 2 is 2.27 bits per heavy atom. The van der Waals surface area contributed by atoms with Gasteiger partial charge in [-0.3, -0.25) is 4.79 Å². The molecule has 2 atom stereocenters. The molecule has 1 nitrogen and oxygen atoms in total. The number of rotatable bonds is 1. The summed E-state index contributed by atoms with van der Waals surface area (Å²) < 4.78 is -0.0718. The smallest absolute Gasteiger partial charge is 0.151 e. The average molecular weight is 172 g/mol. The molecule has 0 radical (unpaired) electrons. The Balaban J connectivity index is 2.72. The van der Waals surface area contributed by atoms with Crippen molar-refractivity contribution in [2.75, 3.05) is 6.26 Å². The van der Waals surface area contributed by atoms with Gasteiger partial charge >= 0.3 is 0 Å². The van der Waals surface area contributed by atoms with Gasteiger partial charge in [-0.15, -0.1) is 0 Å². The maximum atomic E-state index is 11.7. The molecule has 0 bridgehead atoms. The highest BCUT2D eigenvalue weighted by atomic mass is 32.2. The number of hydrogen-bond donors (Lipinski definition) is 0. The van der Waals surface area contributed by atoms with Crippen LogP contribution in [0.5, 0.6) is 0 Å². The summed E-state index contributed by atoms with van der Waals surface area (Å²) in [6, 6.07) is 0. The minimum absolute atomic E-state index is 0.0718. The van der Waals surface area contributed by atoms with Gasteiger partial charge in [0.2, 0.25) is 0 Å². The molecule has 0 aromatic carbocycles. The lowest BCUT2D eigenvalue weighted by Gasteiger charge is -2.33. The maximum Gasteiger partial charge on any atom is 0.151 e. The van der Waals surface area contributed by atoms with Crippen molar-refractivity contribution in [3.63, 3.8) is 0 Å². The lowest BCUT2D eigenvalue weighted by molar-refractivity contribution is -0.126. The second-order valence-electron chi connectivity index (χ2n) is 3.59. The fourth-order valence-corrected chi connectivity index (χ4v) is 2.47. The molecular weight excluding hydrogens is 156 g/mol. The standard InChI is InChI=1S/C9H16OS/c1-7-5-4-6-9(2,11-3)8(7)10/h7H,4-6H2,1-3H3/t7-,9-/m1/s1. The zero-order valence-electron chi connectivity index (χ0n) is 7.52. The Morgan fingerprint density at radius 1 is 1.64 bits per heavy atom. The van der Waals surface area contributed by atoms with Crippen molar-refractivity contribution in [1.29, 1.82) is 0 Å². The van der Waals surface area contributed by atoms with E-state index in [9.17, 15) is 4.79 Å². The summed E-state index contributed by atoms with van der Waals surface area (Å²) in [6.07, 6.45) is 5.41. The summed E-state index contributed by atoms with van der Waals surface area (Å²) in [4.78, 5) is 11.7. The molecule has 64 valence electrons. The zero-order valence-corrected chi connectivity index (χ0v) is 8.33. The molecule has 2 heteroatoms. The normalized spacial score (nSPS) is 39.2. The van der Waals surface area contributed by atoms with Crippen molar-refractivity contribution in [1.82, 2.24) is 0 Å². The van der Waals surface area contributed by atoms with E-state index in [-0.39, 0.29) is 4.75 Å². The first kappa shape index (κ1) is 9.11. The second-order valence-corrected chi connectivity index (χ2v) is 4.90. The van der Waals surface area contributed by atoms with Crippen molar-refractivity contribution in [3.05, 3.63) is 0 Å². The fourth-order valence-electron chi connectivity index (χ4n) is 1.72. The first-order valence-electron chi connectivity index (χ1n) is 4.19. The van der Waals surface area contributed by atoms with Crippen molar-refractivity contribution in [2.45, 2.75) is 37.9 Å². The Labute approximate surface area is 72.9 Å². The van der Waals surface area contributed by atoms with Crippen LogP contribution in [-0.4, -0.2) is 16.8 Å². The van der Waals surface area contributed by atoms with E-state index in [1.165, 1.54) is 6.42 Å². The van der Waals surface area contributed by atoms with E-state index in [0.717, 1.165) is 12.8 Å². The molecule has 1 aliphatic rings. The van der Waals surface area contributed by atoms with Crippen LogP contribution in [0.25, 0.3) is 0 Å². The Kier molecular flexibility index (Phi) is 2.63. The van der Waals surface area contributed by atoms with Crippen molar-refractivity contribution < 1.29 is 4.79 Å². The predicted molar refractivity (Wildman–Crippen MR) is 49.9 cm³/mol. The number of Topliss-reactive ketones (excluding diaryl/α,β-unsaturated/α-hetero) is 1. The van der Waals surface area contributed by atoms with Crippen LogP contribution in [-0.2, 0) is 4.79 Å². The van der Waals surface area contributed by atoms with Crippen molar-refractivity contribution in [2.24, 2.45) is 5.92 Å². The molecule has 0 spiro atoms. The van der Waals surface area contributed by atoms with Gasteiger partial charge in [0.25, 0.3) is 0 Å². The van der Waals surface area contributed by atoms with Crippen LogP contribution in [0.4, 0.5) is 0 Å². The van der Waals surface area contributed by atoms with Gasteiger partial charge in [-0.2, -0.15) is 11.8 Å². The maximum absolute atomic E-state index is 11.7.